The van der Waals surface area contributed by atoms with E-state index in [-0.39, 0.29) is 30.0 Å². The van der Waals surface area contributed by atoms with E-state index < -0.39 is 12.2 Å². The summed E-state index contributed by atoms with van der Waals surface area (Å²) in [5.74, 6) is 3.03. The maximum absolute atomic E-state index is 12.7. The van der Waals surface area contributed by atoms with Gasteiger partial charge in [-0.3, -0.25) is 14.3 Å². The SMILES string of the molecule is COC(=O)CC[C@@H](C)[C@H]1CC[C@H]2[C@@H]3CC=C4C[C@@H](OC(=O)OCc5cn(CCCNC(=O)[C@@H](N)CCCCN)nn5)CC[C@]4(C)[C@H]3CC[C@]12C. The number of rotatable bonds is 16. The third-order valence-corrected chi connectivity index (χ3v) is 13.2. The van der Waals surface area contributed by atoms with Crippen LogP contribution in [0.25, 0.3) is 0 Å². The van der Waals surface area contributed by atoms with Crippen LogP contribution < -0.4 is 16.8 Å². The van der Waals surface area contributed by atoms with Crippen molar-refractivity contribution >= 4 is 18.0 Å². The molecule has 1 aromatic rings. The summed E-state index contributed by atoms with van der Waals surface area (Å²) in [6.45, 7) is 9.01. The lowest BCUT2D eigenvalue weighted by molar-refractivity contribution is -0.141. The van der Waals surface area contributed by atoms with E-state index >= 15 is 0 Å². The van der Waals surface area contributed by atoms with E-state index in [1.165, 1.54) is 38.4 Å². The number of unbranched alkanes of at least 4 members (excludes halogenated alkanes) is 1. The Kier molecular flexibility index (Phi) is 13.0. The predicted molar refractivity (Wildman–Crippen MR) is 189 cm³/mol. The molecule has 12 heteroatoms. The second-order valence-corrected chi connectivity index (χ2v) is 16.1. The van der Waals surface area contributed by atoms with Crippen LogP contribution in [0.15, 0.2) is 17.8 Å². The van der Waals surface area contributed by atoms with Crippen LogP contribution >= 0.6 is 0 Å². The van der Waals surface area contributed by atoms with Gasteiger partial charge in [0.2, 0.25) is 5.91 Å². The Morgan fingerprint density at radius 1 is 1.08 bits per heavy atom. The minimum absolute atomic E-state index is 0.00738. The molecule has 0 unspecified atom stereocenters. The van der Waals surface area contributed by atoms with Crippen molar-refractivity contribution in [3.05, 3.63) is 23.5 Å². The number of nitrogens with one attached hydrogen (secondary N) is 1. The largest absolute Gasteiger partial charge is 0.508 e. The summed E-state index contributed by atoms with van der Waals surface area (Å²) < 4.78 is 17.9. The van der Waals surface area contributed by atoms with Crippen LogP contribution in [0.2, 0.25) is 0 Å². The molecule has 0 aromatic carbocycles. The van der Waals surface area contributed by atoms with Crippen LogP contribution in [0.3, 0.4) is 0 Å². The van der Waals surface area contributed by atoms with Gasteiger partial charge in [0.25, 0.3) is 0 Å². The van der Waals surface area contributed by atoms with Gasteiger partial charge in [-0.25, -0.2) is 4.79 Å². The summed E-state index contributed by atoms with van der Waals surface area (Å²) in [6.07, 6.45) is 16.6. The Morgan fingerprint density at radius 3 is 2.68 bits per heavy atom. The molecule has 0 bridgehead atoms. The molecule has 9 atom stereocenters. The van der Waals surface area contributed by atoms with Gasteiger partial charge in [0, 0.05) is 25.9 Å². The van der Waals surface area contributed by atoms with Crippen molar-refractivity contribution in [3.8, 4) is 0 Å². The van der Waals surface area contributed by atoms with Crippen molar-refractivity contribution in [3.63, 3.8) is 0 Å². The minimum Gasteiger partial charge on any atom is -0.469 e. The van der Waals surface area contributed by atoms with Crippen molar-refractivity contribution in [2.75, 3.05) is 20.2 Å². The van der Waals surface area contributed by atoms with Gasteiger partial charge < -0.3 is 31.0 Å². The number of allylic oxidation sites excluding steroid dienone is 1. The average molecular weight is 699 g/mol. The van der Waals surface area contributed by atoms with Crippen LogP contribution in [-0.4, -0.2) is 65.4 Å². The second-order valence-electron chi connectivity index (χ2n) is 16.1. The van der Waals surface area contributed by atoms with Gasteiger partial charge in [0.1, 0.15) is 18.4 Å². The minimum atomic E-state index is -0.667. The number of carbonyl (C=O) groups is 3. The van der Waals surface area contributed by atoms with E-state index in [2.05, 4.69) is 42.5 Å². The number of amides is 1. The molecule has 0 aliphatic heterocycles. The first-order valence-corrected chi connectivity index (χ1v) is 19.2. The van der Waals surface area contributed by atoms with Gasteiger partial charge in [-0.15, -0.1) is 5.10 Å². The van der Waals surface area contributed by atoms with Crippen LogP contribution in [0, 0.1) is 40.4 Å². The summed E-state index contributed by atoms with van der Waals surface area (Å²) in [5.41, 5.74) is 13.9. The van der Waals surface area contributed by atoms with Gasteiger partial charge in [0.15, 0.2) is 0 Å². The van der Waals surface area contributed by atoms with Crippen molar-refractivity contribution in [1.82, 2.24) is 20.3 Å². The zero-order valence-corrected chi connectivity index (χ0v) is 30.9. The number of ether oxygens (including phenoxy) is 3. The van der Waals surface area contributed by atoms with Gasteiger partial charge in [-0.05, 0) is 118 Å². The molecule has 3 fully saturated rings. The number of hydrogen-bond donors (Lipinski definition) is 3. The molecule has 12 nitrogen and oxygen atoms in total. The summed E-state index contributed by atoms with van der Waals surface area (Å²) >= 11 is 0. The topological polar surface area (TPSA) is 174 Å². The molecule has 50 heavy (non-hydrogen) atoms. The maximum Gasteiger partial charge on any atom is 0.508 e. The van der Waals surface area contributed by atoms with Crippen molar-refractivity contribution in [2.45, 2.75) is 136 Å². The summed E-state index contributed by atoms with van der Waals surface area (Å²) in [4.78, 5) is 36.7. The van der Waals surface area contributed by atoms with Crippen LogP contribution in [0.4, 0.5) is 4.79 Å². The molecule has 1 amide bonds. The Balaban J connectivity index is 1.05. The number of methoxy groups -OCH3 is 1. The fraction of sp³-hybridized carbons (Fsp3) is 0.816. The van der Waals surface area contributed by atoms with Gasteiger partial charge in [-0.2, -0.15) is 0 Å². The standard InChI is InChI=1S/C38H62N6O6/c1-25(9-14-34(45)48-4)30-12-13-31-29-11-10-26-22-28(15-17-37(26,2)32(29)16-18-38(30,31)3)50-36(47)49-24-27-23-44(43-42-27)21-7-20-41-35(46)33(40)8-5-6-19-39/h10,23,25,28-33H,5-9,11-22,24,39-40H2,1-4H3,(H,41,46)/t25-,28+,29+,30-,31+,32+,33+,37+,38-/m1/s1. The van der Waals surface area contributed by atoms with E-state index in [1.54, 1.807) is 10.9 Å². The quantitative estimate of drug-likeness (QED) is 0.115. The molecule has 5 N–H and O–H groups in total. The lowest BCUT2D eigenvalue weighted by atomic mass is 9.47. The molecule has 4 aliphatic rings. The number of carbonyl (C=O) groups excluding carboxylic acids is 3. The number of aromatic nitrogens is 3. The Bertz CT molecular complexity index is 1350. The van der Waals surface area contributed by atoms with Gasteiger partial charge in [-0.1, -0.05) is 44.1 Å². The first-order chi connectivity index (χ1) is 24.0. The van der Waals surface area contributed by atoms with E-state index in [9.17, 15) is 14.4 Å². The highest BCUT2D eigenvalue weighted by molar-refractivity contribution is 5.81. The molecular formula is C38H62N6O6. The lowest BCUT2D eigenvalue weighted by Gasteiger charge is -2.58. The predicted octanol–water partition coefficient (Wildman–Crippen LogP) is 5.43. The number of hydrogen-bond acceptors (Lipinski definition) is 10. The van der Waals surface area contributed by atoms with Gasteiger partial charge >= 0.3 is 12.1 Å². The third-order valence-electron chi connectivity index (χ3n) is 13.2. The summed E-state index contributed by atoms with van der Waals surface area (Å²) in [7, 11) is 1.48. The lowest BCUT2D eigenvalue weighted by Crippen LogP contribution is -2.51. The molecule has 4 aliphatic carbocycles. The maximum atomic E-state index is 12.7. The molecule has 3 saturated carbocycles. The van der Waals surface area contributed by atoms with Crippen molar-refractivity contribution < 1.29 is 28.6 Å². The monoisotopic (exact) mass is 698 g/mol. The van der Waals surface area contributed by atoms with Crippen LogP contribution in [0.1, 0.15) is 116 Å². The number of esters is 1. The van der Waals surface area contributed by atoms with Crippen molar-refractivity contribution in [1.29, 1.82) is 0 Å². The highest BCUT2D eigenvalue weighted by Crippen LogP contribution is 2.67. The summed E-state index contributed by atoms with van der Waals surface area (Å²) in [5, 5.41) is 11.1. The molecule has 280 valence electrons. The Hall–Kier alpha value is -2.99. The van der Waals surface area contributed by atoms with Crippen molar-refractivity contribution in [2.24, 2.45) is 51.9 Å². The molecule has 0 spiro atoms. The highest BCUT2D eigenvalue weighted by Gasteiger charge is 2.59. The van der Waals surface area contributed by atoms with Crippen LogP contribution in [-0.2, 0) is 37.0 Å². The second kappa shape index (κ2) is 17.0. The average Bonchev–Trinajstić information content (AvgIpc) is 3.71. The normalized spacial score (nSPS) is 31.3. The zero-order valence-electron chi connectivity index (χ0n) is 30.9. The molecular weight excluding hydrogens is 636 g/mol. The number of aryl methyl sites for hydroxylation is 1. The van der Waals surface area contributed by atoms with E-state index in [0.29, 0.717) is 73.7 Å². The van der Waals surface area contributed by atoms with Gasteiger partial charge in [0.05, 0.1) is 19.3 Å². The van der Waals surface area contributed by atoms with E-state index in [4.69, 9.17) is 25.7 Å². The molecule has 0 saturated heterocycles. The molecule has 0 radical (unpaired) electrons. The smallest absolute Gasteiger partial charge is 0.469 e. The fourth-order valence-electron chi connectivity index (χ4n) is 10.4. The fourth-order valence-corrected chi connectivity index (χ4v) is 10.4. The number of fused-ring (bicyclic) bond motifs is 5. The highest BCUT2D eigenvalue weighted by atomic mass is 16.7. The van der Waals surface area contributed by atoms with E-state index in [0.717, 1.165) is 50.9 Å². The Morgan fingerprint density at radius 2 is 1.90 bits per heavy atom. The molecule has 5 rings (SSSR count). The molecule has 1 aromatic heterocycles. The Labute approximate surface area is 298 Å². The zero-order chi connectivity index (χ0) is 35.9. The van der Waals surface area contributed by atoms with Crippen LogP contribution in [0.5, 0.6) is 0 Å². The first kappa shape index (κ1) is 38.2. The number of nitrogens with zero attached hydrogens (tertiary/aromatic N) is 3. The number of nitrogens with two attached hydrogens (primary N) is 2. The third kappa shape index (κ3) is 8.72. The summed E-state index contributed by atoms with van der Waals surface area (Å²) in [6, 6.07) is -0.517. The van der Waals surface area contributed by atoms with E-state index in [1.807, 2.05) is 0 Å². The molecule has 1 heterocycles. The first-order valence-electron chi connectivity index (χ1n) is 19.2.